The quantitative estimate of drug-likeness (QED) is 0.389. The van der Waals surface area contributed by atoms with Crippen LogP contribution in [0.15, 0.2) is 66.9 Å². The van der Waals surface area contributed by atoms with Gasteiger partial charge in [-0.3, -0.25) is 14.7 Å². The summed E-state index contributed by atoms with van der Waals surface area (Å²) < 4.78 is 37.4. The number of fused-ring (bicyclic) bond motifs is 1. The number of pyridine rings is 1. The number of hydrogen-bond acceptors (Lipinski definition) is 7. The number of ether oxygens (including phenoxy) is 4. The number of hydrogen-bond donors (Lipinski definition) is 1. The maximum atomic E-state index is 14.5. The normalized spacial score (nSPS) is 16.9. The zero-order valence-electron chi connectivity index (χ0n) is 21.2. The molecule has 2 atom stereocenters. The Morgan fingerprint density at radius 2 is 2.00 bits per heavy atom. The third kappa shape index (κ3) is 6.99. The smallest absolute Gasteiger partial charge is 0.262 e. The van der Waals surface area contributed by atoms with Crippen molar-refractivity contribution in [3.63, 3.8) is 0 Å². The third-order valence-corrected chi connectivity index (χ3v) is 6.56. The molecule has 0 spiro atoms. The Morgan fingerprint density at radius 3 is 2.82 bits per heavy atom. The van der Waals surface area contributed by atoms with Crippen LogP contribution in [0.5, 0.6) is 17.2 Å². The summed E-state index contributed by atoms with van der Waals surface area (Å²) >= 11 is 0. The summed E-state index contributed by atoms with van der Waals surface area (Å²) in [7, 11) is 0. The van der Waals surface area contributed by atoms with Crippen molar-refractivity contribution in [2.75, 3.05) is 33.0 Å². The van der Waals surface area contributed by atoms with E-state index in [0.717, 1.165) is 30.7 Å². The first-order chi connectivity index (χ1) is 18.6. The van der Waals surface area contributed by atoms with E-state index in [1.807, 2.05) is 36.4 Å². The first-order valence-electron chi connectivity index (χ1n) is 13.0. The number of para-hydroxylation sites is 1. The summed E-state index contributed by atoms with van der Waals surface area (Å²) in [5, 5.41) is 2.95. The van der Waals surface area contributed by atoms with E-state index in [1.54, 1.807) is 18.3 Å². The van der Waals surface area contributed by atoms with Gasteiger partial charge in [0, 0.05) is 51.1 Å². The van der Waals surface area contributed by atoms with E-state index in [-0.39, 0.29) is 31.1 Å². The highest BCUT2D eigenvalue weighted by Gasteiger charge is 2.28. The molecule has 1 fully saturated rings. The molecule has 8 nitrogen and oxygen atoms in total. The van der Waals surface area contributed by atoms with Crippen molar-refractivity contribution in [1.82, 2.24) is 15.2 Å². The van der Waals surface area contributed by atoms with E-state index in [1.165, 1.54) is 12.1 Å². The minimum atomic E-state index is -0.939. The molecule has 0 bridgehead atoms. The van der Waals surface area contributed by atoms with Crippen molar-refractivity contribution in [3.8, 4) is 17.2 Å². The van der Waals surface area contributed by atoms with Gasteiger partial charge in [0.25, 0.3) is 5.91 Å². The molecule has 3 aromatic rings. The fourth-order valence-electron chi connectivity index (χ4n) is 4.65. The second-order valence-electron chi connectivity index (χ2n) is 9.42. The van der Waals surface area contributed by atoms with Gasteiger partial charge in [-0.05, 0) is 54.8 Å². The molecule has 1 saturated heterocycles. The van der Waals surface area contributed by atoms with Crippen LogP contribution in [-0.2, 0) is 22.5 Å². The van der Waals surface area contributed by atoms with Gasteiger partial charge >= 0.3 is 0 Å². The number of carbonyl (C=O) groups excluding carboxylic acids is 1. The van der Waals surface area contributed by atoms with Gasteiger partial charge < -0.3 is 24.3 Å². The fourth-order valence-corrected chi connectivity index (χ4v) is 4.65. The molecular formula is C29H32FN3O5. The zero-order valence-corrected chi connectivity index (χ0v) is 21.2. The molecule has 3 heterocycles. The largest absolute Gasteiger partial charge is 0.476 e. The number of benzene rings is 2. The molecule has 1 amide bonds. The first kappa shape index (κ1) is 25.9. The zero-order chi connectivity index (χ0) is 26.2. The lowest BCUT2D eigenvalue weighted by Crippen LogP contribution is -2.48. The summed E-state index contributed by atoms with van der Waals surface area (Å²) in [4.78, 5) is 19.8. The van der Waals surface area contributed by atoms with Gasteiger partial charge in [0.15, 0.2) is 29.2 Å². The molecule has 2 aliphatic rings. The summed E-state index contributed by atoms with van der Waals surface area (Å²) in [5.41, 5.74) is 1.88. The number of aromatic nitrogens is 1. The standard InChI is InChI=1S/C29H32FN3O5/c30-24-8-1-2-9-25(24)38-28(29(34)32-14-12-22-6-3-4-13-31-22)19-33(18-23-7-5-15-35-23)17-21-10-11-26-27(16-21)37-20-36-26/h1-4,6,8-11,13,16,23,28H,5,7,12,14-15,17-20H2,(H,32,34). The van der Waals surface area contributed by atoms with Gasteiger partial charge in [0.1, 0.15) is 0 Å². The minimum Gasteiger partial charge on any atom is -0.476 e. The molecular weight excluding hydrogens is 489 g/mol. The molecule has 1 aromatic heterocycles. The van der Waals surface area contributed by atoms with E-state index in [4.69, 9.17) is 18.9 Å². The Morgan fingerprint density at radius 1 is 1.13 bits per heavy atom. The van der Waals surface area contributed by atoms with E-state index >= 15 is 0 Å². The Bertz CT molecular complexity index is 1210. The van der Waals surface area contributed by atoms with Gasteiger partial charge in [-0.25, -0.2) is 4.39 Å². The van der Waals surface area contributed by atoms with Crippen LogP contribution < -0.4 is 19.5 Å². The molecule has 1 N–H and O–H groups in total. The molecule has 0 saturated carbocycles. The molecule has 2 unspecified atom stereocenters. The molecule has 5 rings (SSSR count). The Hall–Kier alpha value is -3.69. The van der Waals surface area contributed by atoms with Gasteiger partial charge in [-0.2, -0.15) is 0 Å². The van der Waals surface area contributed by atoms with Crippen molar-refractivity contribution in [2.45, 2.75) is 38.0 Å². The number of nitrogens with zero attached hydrogens (tertiary/aromatic N) is 2. The predicted molar refractivity (Wildman–Crippen MR) is 139 cm³/mol. The van der Waals surface area contributed by atoms with Crippen LogP contribution in [-0.4, -0.2) is 61.0 Å². The van der Waals surface area contributed by atoms with Crippen molar-refractivity contribution in [1.29, 1.82) is 0 Å². The lowest BCUT2D eigenvalue weighted by atomic mass is 10.1. The van der Waals surface area contributed by atoms with Gasteiger partial charge in [-0.1, -0.05) is 24.3 Å². The van der Waals surface area contributed by atoms with Crippen LogP contribution in [0.25, 0.3) is 0 Å². The summed E-state index contributed by atoms with van der Waals surface area (Å²) in [5.74, 6) is 0.628. The molecule has 0 aliphatic carbocycles. The molecule has 0 radical (unpaired) electrons. The highest BCUT2D eigenvalue weighted by atomic mass is 19.1. The van der Waals surface area contributed by atoms with Crippen LogP contribution in [0.2, 0.25) is 0 Å². The van der Waals surface area contributed by atoms with Crippen LogP contribution >= 0.6 is 0 Å². The number of nitrogens with one attached hydrogen (secondary N) is 1. The molecule has 9 heteroatoms. The lowest BCUT2D eigenvalue weighted by molar-refractivity contribution is -0.129. The Labute approximate surface area is 221 Å². The predicted octanol–water partition coefficient (Wildman–Crippen LogP) is 3.74. The van der Waals surface area contributed by atoms with Gasteiger partial charge in [-0.15, -0.1) is 0 Å². The van der Waals surface area contributed by atoms with Gasteiger partial charge in [0.2, 0.25) is 6.79 Å². The number of amides is 1. The van der Waals surface area contributed by atoms with Crippen molar-refractivity contribution >= 4 is 5.91 Å². The number of halogens is 1. The van der Waals surface area contributed by atoms with Crippen molar-refractivity contribution < 1.29 is 28.1 Å². The average molecular weight is 522 g/mol. The molecule has 2 aliphatic heterocycles. The third-order valence-electron chi connectivity index (χ3n) is 6.56. The molecule has 38 heavy (non-hydrogen) atoms. The van der Waals surface area contributed by atoms with E-state index in [2.05, 4.69) is 15.2 Å². The van der Waals surface area contributed by atoms with E-state index < -0.39 is 11.9 Å². The summed E-state index contributed by atoms with van der Waals surface area (Å²) in [6, 6.07) is 17.6. The van der Waals surface area contributed by atoms with E-state index in [9.17, 15) is 9.18 Å². The fraction of sp³-hybridized carbons (Fsp3) is 0.379. The van der Waals surface area contributed by atoms with Crippen LogP contribution in [0.1, 0.15) is 24.1 Å². The summed E-state index contributed by atoms with van der Waals surface area (Å²) in [6.45, 7) is 2.72. The van der Waals surface area contributed by atoms with Crippen LogP contribution in [0, 0.1) is 5.82 Å². The van der Waals surface area contributed by atoms with Crippen LogP contribution in [0.4, 0.5) is 4.39 Å². The second kappa shape index (κ2) is 12.7. The topological polar surface area (TPSA) is 82.2 Å². The number of rotatable bonds is 12. The van der Waals surface area contributed by atoms with Crippen molar-refractivity contribution in [3.05, 3.63) is 83.9 Å². The van der Waals surface area contributed by atoms with Crippen molar-refractivity contribution in [2.24, 2.45) is 0 Å². The maximum Gasteiger partial charge on any atom is 0.262 e. The average Bonchev–Trinajstić information content (AvgIpc) is 3.62. The maximum absolute atomic E-state index is 14.5. The summed E-state index contributed by atoms with van der Waals surface area (Å²) in [6.07, 6.45) is 3.38. The Kier molecular flexibility index (Phi) is 8.67. The van der Waals surface area contributed by atoms with Gasteiger partial charge in [0.05, 0.1) is 6.10 Å². The second-order valence-corrected chi connectivity index (χ2v) is 9.42. The highest BCUT2D eigenvalue weighted by molar-refractivity contribution is 5.81. The lowest BCUT2D eigenvalue weighted by Gasteiger charge is -2.29. The molecule has 2 aromatic carbocycles. The SMILES string of the molecule is O=C(NCCc1ccccn1)C(CN(Cc1ccc2c(c1)OCO2)CC1CCCO1)Oc1ccccc1F. The van der Waals surface area contributed by atoms with E-state index in [0.29, 0.717) is 37.6 Å². The number of carbonyl (C=O) groups is 1. The minimum absolute atomic E-state index is 0.0394. The first-order valence-corrected chi connectivity index (χ1v) is 13.0. The molecule has 200 valence electrons. The Balaban J connectivity index is 1.31. The highest BCUT2D eigenvalue weighted by Crippen LogP contribution is 2.33. The monoisotopic (exact) mass is 521 g/mol. The van der Waals surface area contributed by atoms with Crippen LogP contribution in [0.3, 0.4) is 0 Å².